The summed E-state index contributed by atoms with van der Waals surface area (Å²) in [5.41, 5.74) is 0.492. The second-order valence-electron chi connectivity index (χ2n) is 4.92. The molecule has 1 aliphatic rings. The van der Waals surface area contributed by atoms with Gasteiger partial charge in [0, 0.05) is 26.2 Å². The van der Waals surface area contributed by atoms with Crippen molar-refractivity contribution in [3.05, 3.63) is 17.5 Å². The first kappa shape index (κ1) is 14.9. The van der Waals surface area contributed by atoms with E-state index in [1.54, 1.807) is 7.11 Å². The molecule has 5 nitrogen and oxygen atoms in total. The Labute approximate surface area is 116 Å². The summed E-state index contributed by atoms with van der Waals surface area (Å²) >= 11 is 0. The molecular weight excluding hydrogens is 268 g/mol. The van der Waals surface area contributed by atoms with E-state index in [0.29, 0.717) is 31.2 Å². The molecule has 1 heterocycles. The van der Waals surface area contributed by atoms with Crippen LogP contribution in [0.4, 0.5) is 8.78 Å². The van der Waals surface area contributed by atoms with E-state index in [0.717, 1.165) is 17.5 Å². The third-order valence-corrected chi connectivity index (χ3v) is 3.19. The van der Waals surface area contributed by atoms with E-state index >= 15 is 0 Å². The Bertz CT molecular complexity index is 458. The highest BCUT2D eigenvalue weighted by atomic mass is 19.3. The van der Waals surface area contributed by atoms with Crippen molar-refractivity contribution in [3.63, 3.8) is 0 Å². The SMILES string of the molecule is COCCCNC(=O)Cn1nc(C2CC2)cc1C(F)F. The average molecular weight is 287 g/mol. The third kappa shape index (κ3) is 4.00. The van der Waals surface area contributed by atoms with Gasteiger partial charge in [0.25, 0.3) is 6.43 Å². The summed E-state index contributed by atoms with van der Waals surface area (Å²) in [4.78, 5) is 11.7. The van der Waals surface area contributed by atoms with Crippen molar-refractivity contribution in [3.8, 4) is 0 Å². The number of aromatic nitrogens is 2. The van der Waals surface area contributed by atoms with Gasteiger partial charge in [-0.1, -0.05) is 0 Å². The molecule has 0 aromatic carbocycles. The lowest BCUT2D eigenvalue weighted by atomic mass is 10.3. The minimum Gasteiger partial charge on any atom is -0.385 e. The highest BCUT2D eigenvalue weighted by molar-refractivity contribution is 5.75. The number of methoxy groups -OCH3 is 1. The van der Waals surface area contributed by atoms with Crippen LogP contribution in [0.15, 0.2) is 6.07 Å². The molecule has 0 spiro atoms. The number of carbonyl (C=O) groups excluding carboxylic acids is 1. The highest BCUT2D eigenvalue weighted by Crippen LogP contribution is 2.40. The van der Waals surface area contributed by atoms with Gasteiger partial charge in [-0.25, -0.2) is 8.78 Å². The Morgan fingerprint density at radius 1 is 1.60 bits per heavy atom. The van der Waals surface area contributed by atoms with Gasteiger partial charge in [-0.05, 0) is 25.3 Å². The van der Waals surface area contributed by atoms with Crippen molar-refractivity contribution in [1.29, 1.82) is 0 Å². The number of hydrogen-bond acceptors (Lipinski definition) is 3. The van der Waals surface area contributed by atoms with Gasteiger partial charge in [-0.3, -0.25) is 9.48 Å². The summed E-state index contributed by atoms with van der Waals surface area (Å²) in [6, 6.07) is 1.42. The lowest BCUT2D eigenvalue weighted by Gasteiger charge is -2.07. The summed E-state index contributed by atoms with van der Waals surface area (Å²) in [5.74, 6) is -0.0213. The van der Waals surface area contributed by atoms with E-state index in [4.69, 9.17) is 4.74 Å². The average Bonchev–Trinajstić information content (AvgIpc) is 3.16. The number of ether oxygens (including phenoxy) is 1. The van der Waals surface area contributed by atoms with Crippen LogP contribution in [0.1, 0.15) is 43.0 Å². The molecule has 20 heavy (non-hydrogen) atoms. The number of hydrogen-bond donors (Lipinski definition) is 1. The lowest BCUT2D eigenvalue weighted by Crippen LogP contribution is -2.30. The maximum atomic E-state index is 12.9. The van der Waals surface area contributed by atoms with E-state index in [9.17, 15) is 13.6 Å². The van der Waals surface area contributed by atoms with E-state index in [1.165, 1.54) is 6.07 Å². The molecule has 1 aliphatic carbocycles. The minimum atomic E-state index is -2.61. The third-order valence-electron chi connectivity index (χ3n) is 3.19. The molecule has 1 N–H and O–H groups in total. The standard InChI is InChI=1S/C13H19F2N3O2/c1-20-6-2-5-16-12(19)8-18-11(13(14)15)7-10(17-18)9-3-4-9/h7,9,13H,2-6,8H2,1H3,(H,16,19). The van der Waals surface area contributed by atoms with Crippen LogP contribution in [0.3, 0.4) is 0 Å². The van der Waals surface area contributed by atoms with Gasteiger partial charge >= 0.3 is 0 Å². The number of amides is 1. The molecular formula is C13H19F2N3O2. The molecule has 0 bridgehead atoms. The van der Waals surface area contributed by atoms with Crippen molar-refractivity contribution in [2.24, 2.45) is 0 Å². The number of nitrogens with one attached hydrogen (secondary N) is 1. The maximum absolute atomic E-state index is 12.9. The topological polar surface area (TPSA) is 56.1 Å². The molecule has 0 aliphatic heterocycles. The molecule has 1 saturated carbocycles. The number of rotatable bonds is 8. The summed E-state index contributed by atoms with van der Waals surface area (Å²) in [6.07, 6.45) is 0.0543. The Morgan fingerprint density at radius 2 is 2.35 bits per heavy atom. The molecule has 1 aromatic heterocycles. The van der Waals surface area contributed by atoms with Crippen molar-refractivity contribution >= 4 is 5.91 Å². The van der Waals surface area contributed by atoms with Gasteiger partial charge in [0.05, 0.1) is 5.69 Å². The van der Waals surface area contributed by atoms with Crippen molar-refractivity contribution in [2.45, 2.75) is 38.2 Å². The van der Waals surface area contributed by atoms with Crippen LogP contribution in [0.2, 0.25) is 0 Å². The first-order valence-electron chi connectivity index (χ1n) is 6.73. The van der Waals surface area contributed by atoms with Crippen molar-refractivity contribution in [2.75, 3.05) is 20.3 Å². The zero-order valence-electron chi connectivity index (χ0n) is 11.4. The smallest absolute Gasteiger partial charge is 0.280 e. The highest BCUT2D eigenvalue weighted by Gasteiger charge is 2.29. The molecule has 0 radical (unpaired) electrons. The van der Waals surface area contributed by atoms with Crippen molar-refractivity contribution in [1.82, 2.24) is 15.1 Å². The fourth-order valence-corrected chi connectivity index (χ4v) is 1.97. The first-order valence-corrected chi connectivity index (χ1v) is 6.73. The lowest BCUT2D eigenvalue weighted by molar-refractivity contribution is -0.122. The molecule has 1 fully saturated rings. The summed E-state index contributed by atoms with van der Waals surface area (Å²) in [7, 11) is 1.58. The maximum Gasteiger partial charge on any atom is 0.280 e. The zero-order valence-corrected chi connectivity index (χ0v) is 11.4. The predicted molar refractivity (Wildman–Crippen MR) is 68.7 cm³/mol. The minimum absolute atomic E-state index is 0.167. The molecule has 7 heteroatoms. The number of halogens is 2. The summed E-state index contributed by atoms with van der Waals surface area (Å²) in [5, 5.41) is 6.79. The van der Waals surface area contributed by atoms with E-state index in [-0.39, 0.29) is 18.1 Å². The Hall–Kier alpha value is -1.50. The van der Waals surface area contributed by atoms with Gasteiger partial charge in [0.2, 0.25) is 5.91 Å². The number of carbonyl (C=O) groups is 1. The van der Waals surface area contributed by atoms with Gasteiger partial charge in [0.15, 0.2) is 0 Å². The van der Waals surface area contributed by atoms with Gasteiger partial charge < -0.3 is 10.1 Å². The van der Waals surface area contributed by atoms with Crippen LogP contribution in [-0.2, 0) is 16.1 Å². The Morgan fingerprint density at radius 3 is 2.95 bits per heavy atom. The van der Waals surface area contributed by atoms with Crippen LogP contribution in [0, 0.1) is 0 Å². The molecule has 0 atom stereocenters. The second-order valence-corrected chi connectivity index (χ2v) is 4.92. The monoisotopic (exact) mass is 287 g/mol. The molecule has 0 saturated heterocycles. The summed E-state index contributed by atoms with van der Waals surface area (Å²) in [6.45, 7) is 0.850. The predicted octanol–water partition coefficient (Wildman–Crippen LogP) is 1.85. The van der Waals surface area contributed by atoms with E-state index in [1.807, 2.05) is 0 Å². The van der Waals surface area contributed by atoms with Gasteiger partial charge in [0.1, 0.15) is 12.2 Å². The van der Waals surface area contributed by atoms with Crippen LogP contribution < -0.4 is 5.32 Å². The molecule has 112 valence electrons. The van der Waals surface area contributed by atoms with Gasteiger partial charge in [-0.2, -0.15) is 5.10 Å². The zero-order chi connectivity index (χ0) is 14.5. The summed E-state index contributed by atoms with van der Waals surface area (Å²) < 4.78 is 31.8. The fraction of sp³-hybridized carbons (Fsp3) is 0.692. The van der Waals surface area contributed by atoms with Gasteiger partial charge in [-0.15, -0.1) is 0 Å². The molecule has 2 rings (SSSR count). The normalized spacial score (nSPS) is 14.8. The van der Waals surface area contributed by atoms with Crippen LogP contribution in [-0.4, -0.2) is 35.9 Å². The van der Waals surface area contributed by atoms with E-state index < -0.39 is 6.43 Å². The van der Waals surface area contributed by atoms with Crippen LogP contribution in [0.5, 0.6) is 0 Å². The van der Waals surface area contributed by atoms with E-state index in [2.05, 4.69) is 10.4 Å². The first-order chi connectivity index (χ1) is 9.61. The largest absolute Gasteiger partial charge is 0.385 e. The molecule has 1 aromatic rings. The molecule has 0 unspecified atom stereocenters. The molecule has 1 amide bonds. The second kappa shape index (κ2) is 6.78. The van der Waals surface area contributed by atoms with Crippen molar-refractivity contribution < 1.29 is 18.3 Å². The quantitative estimate of drug-likeness (QED) is 0.742. The number of alkyl halides is 2. The fourth-order valence-electron chi connectivity index (χ4n) is 1.97. The Balaban J connectivity index is 1.91. The Kier molecular flexibility index (Phi) is 5.05. The number of nitrogens with zero attached hydrogens (tertiary/aromatic N) is 2. The van der Waals surface area contributed by atoms with Crippen LogP contribution >= 0.6 is 0 Å². The van der Waals surface area contributed by atoms with Crippen LogP contribution in [0.25, 0.3) is 0 Å².